The Kier molecular flexibility index (Phi) is 4.61. The molecule has 3 aromatic rings. The number of ether oxygens (including phenoxy) is 1. The Bertz CT molecular complexity index is 1090. The van der Waals surface area contributed by atoms with Crippen molar-refractivity contribution in [1.29, 1.82) is 0 Å². The summed E-state index contributed by atoms with van der Waals surface area (Å²) in [6, 6.07) is 7.50. The van der Waals surface area contributed by atoms with E-state index in [0.29, 0.717) is 23.7 Å². The van der Waals surface area contributed by atoms with E-state index in [9.17, 15) is 9.59 Å². The molecule has 0 atom stereocenters. The lowest BCUT2D eigenvalue weighted by molar-refractivity contribution is 0.415. The molecule has 0 aliphatic carbocycles. The molecule has 9 nitrogen and oxygen atoms in total. The second-order valence-electron chi connectivity index (χ2n) is 5.71. The summed E-state index contributed by atoms with van der Waals surface area (Å²) in [4.78, 5) is 30.6. The van der Waals surface area contributed by atoms with Crippen molar-refractivity contribution in [2.75, 3.05) is 12.5 Å². The molecular weight excluding hydrogens is 336 g/mol. The highest BCUT2D eigenvalue weighted by Crippen LogP contribution is 2.16. The molecule has 0 radical (unpaired) electrons. The van der Waals surface area contributed by atoms with Crippen LogP contribution in [-0.2, 0) is 13.6 Å². The van der Waals surface area contributed by atoms with E-state index in [1.54, 1.807) is 18.7 Å². The average molecular weight is 356 g/mol. The third-order valence-corrected chi connectivity index (χ3v) is 4.15. The summed E-state index contributed by atoms with van der Waals surface area (Å²) in [5.74, 6) is 1.16. The number of aryl methyl sites for hydroxylation is 2. The molecule has 0 aliphatic rings. The summed E-state index contributed by atoms with van der Waals surface area (Å²) in [7, 11) is 3.17. The van der Waals surface area contributed by atoms with Gasteiger partial charge in [0.05, 0.1) is 12.8 Å². The number of aromatic nitrogens is 4. The molecule has 0 saturated heterocycles. The molecule has 2 heterocycles. The number of hydrogen-bond acceptors (Lipinski definition) is 6. The van der Waals surface area contributed by atoms with Crippen LogP contribution in [0.2, 0.25) is 0 Å². The molecule has 0 unspecified atom stereocenters. The predicted molar refractivity (Wildman–Crippen MR) is 100 cm³/mol. The van der Waals surface area contributed by atoms with E-state index in [4.69, 9.17) is 4.74 Å². The lowest BCUT2D eigenvalue weighted by Gasteiger charge is -2.06. The van der Waals surface area contributed by atoms with Gasteiger partial charge in [0.15, 0.2) is 11.2 Å². The Labute approximate surface area is 148 Å². The Hall–Kier alpha value is -3.36. The van der Waals surface area contributed by atoms with Crippen LogP contribution in [0.3, 0.4) is 0 Å². The number of methoxy groups -OCH3 is 1. The molecule has 0 amide bonds. The molecule has 0 fully saturated rings. The quantitative estimate of drug-likeness (QED) is 0.529. The van der Waals surface area contributed by atoms with E-state index in [-0.39, 0.29) is 0 Å². The highest BCUT2D eigenvalue weighted by Gasteiger charge is 2.16. The van der Waals surface area contributed by atoms with Crippen molar-refractivity contribution in [1.82, 2.24) is 19.1 Å². The predicted octanol–water partition coefficient (Wildman–Crippen LogP) is 1.29. The van der Waals surface area contributed by atoms with Gasteiger partial charge in [-0.05, 0) is 43.7 Å². The van der Waals surface area contributed by atoms with Crippen molar-refractivity contribution in [3.05, 3.63) is 50.7 Å². The highest BCUT2D eigenvalue weighted by molar-refractivity contribution is 5.99. The van der Waals surface area contributed by atoms with Crippen molar-refractivity contribution in [3.63, 3.8) is 0 Å². The van der Waals surface area contributed by atoms with Crippen LogP contribution in [0.5, 0.6) is 5.75 Å². The summed E-state index contributed by atoms with van der Waals surface area (Å²) in [5, 5.41) is 4.35. The minimum absolute atomic E-state index is 0.306. The van der Waals surface area contributed by atoms with Gasteiger partial charge >= 0.3 is 5.69 Å². The van der Waals surface area contributed by atoms with Crippen molar-refractivity contribution >= 4 is 22.8 Å². The van der Waals surface area contributed by atoms with E-state index >= 15 is 0 Å². The van der Waals surface area contributed by atoms with Gasteiger partial charge in [0.25, 0.3) is 5.56 Å². The highest BCUT2D eigenvalue weighted by atomic mass is 16.5. The van der Waals surface area contributed by atoms with Gasteiger partial charge < -0.3 is 9.30 Å². The first-order valence-corrected chi connectivity index (χ1v) is 8.10. The van der Waals surface area contributed by atoms with Gasteiger partial charge in [-0.1, -0.05) is 0 Å². The number of hydrazone groups is 1. The Morgan fingerprint density at radius 1 is 1.31 bits per heavy atom. The van der Waals surface area contributed by atoms with Gasteiger partial charge in [-0.3, -0.25) is 14.3 Å². The van der Waals surface area contributed by atoms with E-state index in [2.05, 4.69) is 20.5 Å². The number of fused-ring (bicyclic) bond motifs is 1. The number of H-pyrrole nitrogens is 1. The van der Waals surface area contributed by atoms with Crippen LogP contribution in [-0.4, -0.2) is 31.9 Å². The fourth-order valence-electron chi connectivity index (χ4n) is 2.66. The Balaban J connectivity index is 2.00. The molecule has 0 bridgehead atoms. The number of imidazole rings is 1. The van der Waals surface area contributed by atoms with Gasteiger partial charge in [0.1, 0.15) is 5.75 Å². The van der Waals surface area contributed by atoms with Crippen LogP contribution in [0.4, 0.5) is 5.95 Å². The second kappa shape index (κ2) is 6.87. The van der Waals surface area contributed by atoms with Crippen molar-refractivity contribution in [2.45, 2.75) is 20.4 Å². The Morgan fingerprint density at radius 3 is 2.62 bits per heavy atom. The van der Waals surface area contributed by atoms with E-state index in [1.807, 2.05) is 38.1 Å². The number of hydrogen-bond donors (Lipinski definition) is 2. The van der Waals surface area contributed by atoms with Crippen LogP contribution in [0.25, 0.3) is 11.2 Å². The van der Waals surface area contributed by atoms with Crippen molar-refractivity contribution in [2.24, 2.45) is 12.1 Å². The molecule has 0 spiro atoms. The van der Waals surface area contributed by atoms with Crippen molar-refractivity contribution < 1.29 is 4.74 Å². The fourth-order valence-corrected chi connectivity index (χ4v) is 2.66. The largest absolute Gasteiger partial charge is 0.497 e. The Morgan fingerprint density at radius 2 is 2.00 bits per heavy atom. The molecule has 26 heavy (non-hydrogen) atoms. The number of benzene rings is 1. The zero-order valence-corrected chi connectivity index (χ0v) is 15.0. The minimum Gasteiger partial charge on any atom is -0.497 e. The first-order valence-electron chi connectivity index (χ1n) is 8.10. The van der Waals surface area contributed by atoms with Crippen LogP contribution in [0.1, 0.15) is 19.4 Å². The van der Waals surface area contributed by atoms with Crippen LogP contribution >= 0.6 is 0 Å². The zero-order valence-electron chi connectivity index (χ0n) is 15.0. The first kappa shape index (κ1) is 17.5. The molecule has 9 heteroatoms. The molecule has 3 rings (SSSR count). The van der Waals surface area contributed by atoms with Gasteiger partial charge in [0, 0.05) is 13.6 Å². The number of aromatic amines is 1. The molecule has 0 aliphatic heterocycles. The van der Waals surface area contributed by atoms with Gasteiger partial charge in [0.2, 0.25) is 5.95 Å². The van der Waals surface area contributed by atoms with Crippen LogP contribution in [0.15, 0.2) is 39.0 Å². The standard InChI is InChI=1S/C17H20N6O3/c1-5-23-13-14(22(3)17(25)19-15(13)24)18-16(23)21-20-10(2)11-6-8-12(26-4)9-7-11/h6-9H,5H2,1-4H3,(H,18,21)(H,19,24,25)/b20-10+. The monoisotopic (exact) mass is 356 g/mol. The van der Waals surface area contributed by atoms with Gasteiger partial charge in [-0.25, -0.2) is 10.2 Å². The third kappa shape index (κ3) is 2.99. The maximum absolute atomic E-state index is 12.2. The minimum atomic E-state index is -0.507. The fraction of sp³-hybridized carbons (Fsp3) is 0.294. The molecule has 0 saturated carbocycles. The summed E-state index contributed by atoms with van der Waals surface area (Å²) in [6.07, 6.45) is 0. The smallest absolute Gasteiger partial charge is 0.329 e. The second-order valence-corrected chi connectivity index (χ2v) is 5.71. The molecule has 2 aromatic heterocycles. The number of anilines is 1. The lowest BCUT2D eigenvalue weighted by atomic mass is 10.1. The average Bonchev–Trinajstić information content (AvgIpc) is 3.03. The van der Waals surface area contributed by atoms with E-state index < -0.39 is 11.2 Å². The first-order chi connectivity index (χ1) is 12.5. The number of rotatable bonds is 5. The summed E-state index contributed by atoms with van der Waals surface area (Å²) >= 11 is 0. The van der Waals surface area contributed by atoms with Crippen LogP contribution < -0.4 is 21.4 Å². The topological polar surface area (TPSA) is 106 Å². The van der Waals surface area contributed by atoms with E-state index in [1.165, 1.54) is 4.57 Å². The third-order valence-electron chi connectivity index (χ3n) is 4.15. The molecular formula is C17H20N6O3. The van der Waals surface area contributed by atoms with Gasteiger partial charge in [-0.2, -0.15) is 10.1 Å². The molecule has 2 N–H and O–H groups in total. The molecule has 136 valence electrons. The van der Waals surface area contributed by atoms with Crippen molar-refractivity contribution in [3.8, 4) is 5.75 Å². The lowest BCUT2D eigenvalue weighted by Crippen LogP contribution is -2.29. The van der Waals surface area contributed by atoms with E-state index in [0.717, 1.165) is 17.0 Å². The molecule has 1 aromatic carbocycles. The summed E-state index contributed by atoms with van der Waals surface area (Å²) < 4.78 is 8.12. The summed E-state index contributed by atoms with van der Waals surface area (Å²) in [6.45, 7) is 4.24. The maximum Gasteiger partial charge on any atom is 0.329 e. The number of nitrogens with one attached hydrogen (secondary N) is 2. The number of nitrogens with zero attached hydrogens (tertiary/aromatic N) is 4. The normalized spacial score (nSPS) is 11.8. The SMILES string of the molecule is CCn1c(N/N=C(\C)c2ccc(OC)cc2)nc2c1c(=O)[nH]c(=O)n2C. The summed E-state index contributed by atoms with van der Waals surface area (Å²) in [5.41, 5.74) is 4.21. The van der Waals surface area contributed by atoms with Crippen LogP contribution in [0, 0.1) is 0 Å². The van der Waals surface area contributed by atoms with Gasteiger partial charge in [-0.15, -0.1) is 0 Å². The maximum atomic E-state index is 12.2. The zero-order chi connectivity index (χ0) is 18.8.